The average Bonchev–Trinajstić information content (AvgIpc) is 2.61. The third-order valence-corrected chi connectivity index (χ3v) is 5.60. The lowest BCUT2D eigenvalue weighted by Gasteiger charge is -2.43. The number of likely N-dealkylation sites (tertiary alicyclic amines) is 2. The molecule has 2 amide bonds. The number of halogens is 3. The molecule has 2 saturated heterocycles. The van der Waals surface area contributed by atoms with Gasteiger partial charge in [0.15, 0.2) is 0 Å². The predicted octanol–water partition coefficient (Wildman–Crippen LogP) is 3.90. The summed E-state index contributed by atoms with van der Waals surface area (Å²) in [5.74, 6) is -3.26. The van der Waals surface area contributed by atoms with E-state index in [2.05, 4.69) is 0 Å². The third kappa shape index (κ3) is 3.85. The van der Waals surface area contributed by atoms with Gasteiger partial charge in [0.05, 0.1) is 12.0 Å². The summed E-state index contributed by atoms with van der Waals surface area (Å²) in [5, 5.41) is 0.542. The van der Waals surface area contributed by atoms with Gasteiger partial charge in [-0.05, 0) is 31.0 Å². The Hall–Kier alpha value is -1.69. The van der Waals surface area contributed by atoms with Crippen LogP contribution in [0.1, 0.15) is 44.2 Å². The lowest BCUT2D eigenvalue weighted by atomic mass is 9.83. The van der Waals surface area contributed by atoms with Crippen molar-refractivity contribution in [1.82, 2.24) is 9.80 Å². The van der Waals surface area contributed by atoms with Gasteiger partial charge in [0.25, 0.3) is 5.92 Å². The third-order valence-electron chi connectivity index (χ3n) is 5.36. The normalized spacial score (nSPS) is 26.1. The lowest BCUT2D eigenvalue weighted by Crippen LogP contribution is -2.51. The van der Waals surface area contributed by atoms with Crippen LogP contribution in [0.2, 0.25) is 5.02 Å². The molecule has 2 atom stereocenters. The molecule has 0 bridgehead atoms. The number of carbonyl (C=O) groups is 2. The molecule has 0 N–H and O–H groups in total. The van der Waals surface area contributed by atoms with Crippen LogP contribution in [0.5, 0.6) is 0 Å². The van der Waals surface area contributed by atoms with Crippen LogP contribution in [0, 0.1) is 5.92 Å². The van der Waals surface area contributed by atoms with Crippen LogP contribution in [0.25, 0.3) is 0 Å². The zero-order chi connectivity index (χ0) is 18.9. The van der Waals surface area contributed by atoms with Gasteiger partial charge in [-0.25, -0.2) is 8.78 Å². The Balaban J connectivity index is 1.88. The highest BCUT2D eigenvalue weighted by atomic mass is 35.5. The van der Waals surface area contributed by atoms with Crippen molar-refractivity contribution >= 4 is 23.4 Å². The number of alkyl halides is 2. The zero-order valence-corrected chi connectivity index (χ0v) is 15.5. The number of nitrogens with zero attached hydrogens (tertiary/aromatic N) is 2. The molecule has 142 valence electrons. The van der Waals surface area contributed by atoms with E-state index in [0.29, 0.717) is 24.4 Å². The summed E-state index contributed by atoms with van der Waals surface area (Å²) < 4.78 is 26.9. The van der Waals surface area contributed by atoms with Crippen LogP contribution in [-0.4, -0.2) is 47.2 Å². The molecule has 26 heavy (non-hydrogen) atoms. The molecular formula is C19H23ClF2N2O2. The van der Waals surface area contributed by atoms with Crippen molar-refractivity contribution in [2.75, 3.05) is 19.6 Å². The van der Waals surface area contributed by atoms with E-state index in [1.165, 1.54) is 4.90 Å². The van der Waals surface area contributed by atoms with Crippen molar-refractivity contribution < 1.29 is 18.4 Å². The number of piperidine rings is 2. The molecule has 0 spiro atoms. The van der Waals surface area contributed by atoms with Crippen molar-refractivity contribution in [3.05, 3.63) is 34.9 Å². The SMILES string of the molecule is CCN1C(=O)CC[C@@H](C(=O)N2CCC(F)(F)CC2)[C@@H]1c1cccc(Cl)c1. The molecule has 0 aliphatic carbocycles. The van der Waals surface area contributed by atoms with E-state index in [1.807, 2.05) is 13.0 Å². The molecule has 0 unspecified atom stereocenters. The van der Waals surface area contributed by atoms with Crippen LogP contribution in [0.3, 0.4) is 0 Å². The number of carbonyl (C=O) groups excluding carboxylic acids is 2. The fourth-order valence-corrected chi connectivity index (χ4v) is 4.17. The van der Waals surface area contributed by atoms with Gasteiger partial charge >= 0.3 is 0 Å². The molecule has 0 aromatic heterocycles. The van der Waals surface area contributed by atoms with Gasteiger partial charge in [0, 0.05) is 43.9 Å². The minimum Gasteiger partial charge on any atom is -0.342 e. The van der Waals surface area contributed by atoms with Crippen molar-refractivity contribution in [3.63, 3.8) is 0 Å². The molecule has 7 heteroatoms. The molecule has 4 nitrogen and oxygen atoms in total. The Morgan fingerprint density at radius 1 is 1.31 bits per heavy atom. The van der Waals surface area contributed by atoms with E-state index >= 15 is 0 Å². The molecule has 3 rings (SSSR count). The molecule has 2 heterocycles. The Bertz CT molecular complexity index is 688. The maximum Gasteiger partial charge on any atom is 0.251 e. The summed E-state index contributed by atoms with van der Waals surface area (Å²) >= 11 is 6.12. The maximum absolute atomic E-state index is 13.4. The molecule has 0 radical (unpaired) electrons. The Morgan fingerprint density at radius 3 is 2.62 bits per heavy atom. The number of hydrogen-bond acceptors (Lipinski definition) is 2. The number of hydrogen-bond donors (Lipinski definition) is 0. The van der Waals surface area contributed by atoms with Crippen LogP contribution >= 0.6 is 11.6 Å². The van der Waals surface area contributed by atoms with Crippen LogP contribution in [0.15, 0.2) is 24.3 Å². The Kier molecular flexibility index (Phi) is 5.51. The monoisotopic (exact) mass is 384 g/mol. The first-order valence-corrected chi connectivity index (χ1v) is 9.42. The van der Waals surface area contributed by atoms with Crippen LogP contribution in [-0.2, 0) is 9.59 Å². The quantitative estimate of drug-likeness (QED) is 0.793. The lowest BCUT2D eigenvalue weighted by molar-refractivity contribution is -0.151. The Labute approximate surface area is 157 Å². The average molecular weight is 385 g/mol. The van der Waals surface area contributed by atoms with Crippen molar-refractivity contribution in [2.24, 2.45) is 5.92 Å². The summed E-state index contributed by atoms with van der Waals surface area (Å²) in [6, 6.07) is 6.78. The van der Waals surface area contributed by atoms with Crippen molar-refractivity contribution in [2.45, 2.75) is 44.6 Å². The first-order chi connectivity index (χ1) is 12.3. The minimum absolute atomic E-state index is 0.00621. The first kappa shape index (κ1) is 19.1. The molecule has 2 aliphatic rings. The van der Waals surface area contributed by atoms with E-state index in [1.54, 1.807) is 23.1 Å². The van der Waals surface area contributed by atoms with Gasteiger partial charge in [-0.15, -0.1) is 0 Å². The smallest absolute Gasteiger partial charge is 0.251 e. The predicted molar refractivity (Wildman–Crippen MR) is 95.1 cm³/mol. The minimum atomic E-state index is -2.69. The molecule has 0 saturated carbocycles. The standard InChI is InChI=1S/C19H23ClF2N2O2/c1-2-24-16(25)7-6-15(17(24)13-4-3-5-14(20)12-13)18(26)23-10-8-19(21,22)9-11-23/h3-5,12,15,17H,2,6-11H2,1H3/t15-,17+/m1/s1. The number of rotatable bonds is 3. The summed E-state index contributed by atoms with van der Waals surface area (Å²) in [6.07, 6.45) is 0.122. The molecule has 2 fully saturated rings. The summed E-state index contributed by atoms with van der Waals surface area (Å²) in [6.45, 7) is 2.48. The van der Waals surface area contributed by atoms with Crippen molar-refractivity contribution in [1.29, 1.82) is 0 Å². The highest BCUT2D eigenvalue weighted by molar-refractivity contribution is 6.30. The van der Waals surface area contributed by atoms with E-state index in [9.17, 15) is 18.4 Å². The highest BCUT2D eigenvalue weighted by Gasteiger charge is 2.43. The number of amides is 2. The highest BCUT2D eigenvalue weighted by Crippen LogP contribution is 2.39. The molecule has 2 aliphatic heterocycles. The molecule has 1 aromatic rings. The fourth-order valence-electron chi connectivity index (χ4n) is 3.98. The van der Waals surface area contributed by atoms with Crippen LogP contribution in [0.4, 0.5) is 8.78 Å². The second-order valence-corrected chi connectivity index (χ2v) is 7.44. The fraction of sp³-hybridized carbons (Fsp3) is 0.579. The second-order valence-electron chi connectivity index (χ2n) is 7.01. The summed E-state index contributed by atoms with van der Waals surface area (Å²) in [7, 11) is 0. The van der Waals surface area contributed by atoms with E-state index in [0.717, 1.165) is 5.56 Å². The van der Waals surface area contributed by atoms with E-state index < -0.39 is 17.9 Å². The van der Waals surface area contributed by atoms with Crippen LogP contribution < -0.4 is 0 Å². The summed E-state index contributed by atoms with van der Waals surface area (Å²) in [5.41, 5.74) is 0.813. The molecule has 1 aromatic carbocycles. The van der Waals surface area contributed by atoms with Gasteiger partial charge in [0.1, 0.15) is 0 Å². The van der Waals surface area contributed by atoms with Gasteiger partial charge in [0.2, 0.25) is 11.8 Å². The number of benzene rings is 1. The zero-order valence-electron chi connectivity index (χ0n) is 14.8. The largest absolute Gasteiger partial charge is 0.342 e. The van der Waals surface area contributed by atoms with E-state index in [-0.39, 0.29) is 37.7 Å². The van der Waals surface area contributed by atoms with Gasteiger partial charge in [-0.3, -0.25) is 9.59 Å². The second kappa shape index (κ2) is 7.51. The maximum atomic E-state index is 13.4. The van der Waals surface area contributed by atoms with Gasteiger partial charge < -0.3 is 9.80 Å². The topological polar surface area (TPSA) is 40.6 Å². The van der Waals surface area contributed by atoms with Crippen molar-refractivity contribution in [3.8, 4) is 0 Å². The summed E-state index contributed by atoms with van der Waals surface area (Å²) in [4.78, 5) is 28.7. The first-order valence-electron chi connectivity index (χ1n) is 9.04. The molecular weight excluding hydrogens is 362 g/mol. The van der Waals surface area contributed by atoms with Gasteiger partial charge in [-0.1, -0.05) is 23.7 Å². The van der Waals surface area contributed by atoms with Gasteiger partial charge in [-0.2, -0.15) is 0 Å². The van der Waals surface area contributed by atoms with E-state index in [4.69, 9.17) is 11.6 Å². The Morgan fingerprint density at radius 2 is 2.00 bits per heavy atom.